The number of allylic oxidation sites excluding steroid dienone is 2. The summed E-state index contributed by atoms with van der Waals surface area (Å²) in [5.74, 6) is -0.814. The normalized spacial score (nSPS) is 12.3. The summed E-state index contributed by atoms with van der Waals surface area (Å²) in [4.78, 5) is 23.1. The van der Waals surface area contributed by atoms with Gasteiger partial charge in [-0.25, -0.2) is 0 Å². The van der Waals surface area contributed by atoms with Crippen LogP contribution >= 0.6 is 0 Å². The van der Waals surface area contributed by atoms with Crippen molar-refractivity contribution in [2.45, 2.75) is 180 Å². The SMILES string of the molecule is CCCCCCCC/C=C\CCCCCCCC(=O)OC(CCCCCCCC)CCCCC(=O)O. The molecule has 0 saturated heterocycles. The van der Waals surface area contributed by atoms with Crippen molar-refractivity contribution < 1.29 is 19.4 Å². The minimum absolute atomic E-state index is 0.0411. The largest absolute Gasteiger partial charge is 0.481 e. The van der Waals surface area contributed by atoms with Gasteiger partial charge in [-0.15, -0.1) is 0 Å². The molecular weight excluding hydrogens is 448 g/mol. The first kappa shape index (κ1) is 34.7. The Labute approximate surface area is 224 Å². The van der Waals surface area contributed by atoms with Crippen molar-refractivity contribution in [3.63, 3.8) is 0 Å². The molecule has 4 nitrogen and oxygen atoms in total. The van der Waals surface area contributed by atoms with Crippen LogP contribution in [0.1, 0.15) is 174 Å². The molecule has 1 atom stereocenters. The molecule has 0 radical (unpaired) electrons. The van der Waals surface area contributed by atoms with Crippen molar-refractivity contribution in [3.8, 4) is 0 Å². The summed E-state index contributed by atoms with van der Waals surface area (Å²) >= 11 is 0. The van der Waals surface area contributed by atoms with E-state index in [1.807, 2.05) is 0 Å². The van der Waals surface area contributed by atoms with E-state index in [1.54, 1.807) is 0 Å². The van der Waals surface area contributed by atoms with Gasteiger partial charge in [0.1, 0.15) is 6.10 Å². The Kier molecular flexibility index (Phi) is 27.2. The van der Waals surface area contributed by atoms with Crippen LogP contribution in [-0.4, -0.2) is 23.1 Å². The molecule has 0 saturated carbocycles. The molecule has 0 heterocycles. The smallest absolute Gasteiger partial charge is 0.306 e. The Morgan fingerprint density at radius 1 is 0.583 bits per heavy atom. The van der Waals surface area contributed by atoms with Crippen molar-refractivity contribution in [2.24, 2.45) is 0 Å². The molecule has 0 bridgehead atoms. The number of esters is 1. The number of aliphatic carboxylic acids is 1. The number of carboxylic acid groups (broad SMARTS) is 1. The maximum Gasteiger partial charge on any atom is 0.306 e. The van der Waals surface area contributed by atoms with Crippen LogP contribution in [0, 0.1) is 0 Å². The van der Waals surface area contributed by atoms with Gasteiger partial charge < -0.3 is 9.84 Å². The fourth-order valence-corrected chi connectivity index (χ4v) is 4.65. The first-order valence-corrected chi connectivity index (χ1v) is 15.7. The molecule has 0 aromatic carbocycles. The van der Waals surface area contributed by atoms with Crippen molar-refractivity contribution in [1.82, 2.24) is 0 Å². The molecule has 0 aliphatic carbocycles. The van der Waals surface area contributed by atoms with E-state index in [0.717, 1.165) is 38.5 Å². The number of rotatable bonds is 28. The highest BCUT2D eigenvalue weighted by molar-refractivity contribution is 5.69. The van der Waals surface area contributed by atoms with Crippen LogP contribution in [0.5, 0.6) is 0 Å². The summed E-state index contributed by atoms with van der Waals surface area (Å²) < 4.78 is 5.81. The number of carboxylic acids is 1. The molecule has 0 aliphatic heterocycles. The fraction of sp³-hybridized carbons (Fsp3) is 0.875. The lowest BCUT2D eigenvalue weighted by Crippen LogP contribution is -2.18. The highest BCUT2D eigenvalue weighted by Gasteiger charge is 2.14. The minimum Gasteiger partial charge on any atom is -0.481 e. The van der Waals surface area contributed by atoms with Gasteiger partial charge in [0.25, 0.3) is 0 Å². The molecule has 1 N–H and O–H groups in total. The molecular formula is C32H60O4. The number of carbonyl (C=O) groups is 2. The fourth-order valence-electron chi connectivity index (χ4n) is 4.65. The molecule has 4 heteroatoms. The first-order valence-electron chi connectivity index (χ1n) is 15.7. The van der Waals surface area contributed by atoms with Gasteiger partial charge in [-0.3, -0.25) is 9.59 Å². The zero-order valence-electron chi connectivity index (χ0n) is 24.1. The predicted octanol–water partition coefficient (Wildman–Crippen LogP) is 10.3. The Bertz CT molecular complexity index is 514. The molecule has 0 amide bonds. The van der Waals surface area contributed by atoms with E-state index in [-0.39, 0.29) is 18.5 Å². The minimum atomic E-state index is -0.747. The van der Waals surface area contributed by atoms with Crippen LogP contribution in [0.25, 0.3) is 0 Å². The van der Waals surface area contributed by atoms with E-state index in [4.69, 9.17) is 9.84 Å². The van der Waals surface area contributed by atoms with Gasteiger partial charge in [0, 0.05) is 12.8 Å². The maximum absolute atomic E-state index is 12.4. The van der Waals surface area contributed by atoms with E-state index in [9.17, 15) is 9.59 Å². The molecule has 36 heavy (non-hydrogen) atoms. The molecule has 1 unspecified atom stereocenters. The van der Waals surface area contributed by atoms with Crippen LogP contribution in [-0.2, 0) is 14.3 Å². The predicted molar refractivity (Wildman–Crippen MR) is 153 cm³/mol. The van der Waals surface area contributed by atoms with Crippen LogP contribution in [0.15, 0.2) is 12.2 Å². The summed E-state index contributed by atoms with van der Waals surface area (Å²) in [6.45, 7) is 4.49. The molecule has 0 fully saturated rings. The summed E-state index contributed by atoms with van der Waals surface area (Å²) in [7, 11) is 0. The molecule has 0 aliphatic rings. The van der Waals surface area contributed by atoms with Crippen LogP contribution in [0.3, 0.4) is 0 Å². The molecule has 0 spiro atoms. The lowest BCUT2D eigenvalue weighted by molar-refractivity contribution is -0.150. The average molecular weight is 509 g/mol. The van der Waals surface area contributed by atoms with Crippen LogP contribution < -0.4 is 0 Å². The molecule has 212 valence electrons. The first-order chi connectivity index (χ1) is 17.6. The molecule has 0 aromatic heterocycles. The standard InChI is InChI=1S/C32H60O4/c1-3-5-7-9-11-12-13-14-15-16-17-18-19-21-23-29-32(35)36-30(27-24-25-28-31(33)34)26-22-20-10-8-6-4-2/h14-15,30H,3-13,16-29H2,1-2H3,(H,33,34)/b15-14-. The number of ether oxygens (including phenoxy) is 1. The van der Waals surface area contributed by atoms with Gasteiger partial charge >= 0.3 is 11.9 Å². The van der Waals surface area contributed by atoms with Gasteiger partial charge in [0.2, 0.25) is 0 Å². The summed E-state index contributed by atoms with van der Waals surface area (Å²) in [6.07, 6.45) is 32.2. The summed E-state index contributed by atoms with van der Waals surface area (Å²) in [5.41, 5.74) is 0. The quantitative estimate of drug-likeness (QED) is 0.0648. The monoisotopic (exact) mass is 508 g/mol. The zero-order valence-corrected chi connectivity index (χ0v) is 24.1. The number of carbonyl (C=O) groups excluding carboxylic acids is 1. The highest BCUT2D eigenvalue weighted by atomic mass is 16.5. The van der Waals surface area contributed by atoms with Gasteiger partial charge in [0.05, 0.1) is 0 Å². The third-order valence-electron chi connectivity index (χ3n) is 6.99. The lowest BCUT2D eigenvalue weighted by atomic mass is 10.0. The van der Waals surface area contributed by atoms with E-state index in [1.165, 1.54) is 103 Å². The topological polar surface area (TPSA) is 63.6 Å². The Morgan fingerprint density at radius 2 is 1.00 bits per heavy atom. The maximum atomic E-state index is 12.4. The van der Waals surface area contributed by atoms with Gasteiger partial charge in [-0.2, -0.15) is 0 Å². The van der Waals surface area contributed by atoms with E-state index < -0.39 is 5.97 Å². The van der Waals surface area contributed by atoms with Crippen LogP contribution in [0.4, 0.5) is 0 Å². The molecule has 0 aromatic rings. The van der Waals surface area contributed by atoms with E-state index in [2.05, 4.69) is 26.0 Å². The van der Waals surface area contributed by atoms with Gasteiger partial charge in [0.15, 0.2) is 0 Å². The second kappa shape index (κ2) is 28.3. The Morgan fingerprint density at radius 3 is 1.53 bits per heavy atom. The number of hydrogen-bond acceptors (Lipinski definition) is 3. The Hall–Kier alpha value is -1.32. The average Bonchev–Trinajstić information content (AvgIpc) is 2.86. The van der Waals surface area contributed by atoms with Crippen molar-refractivity contribution in [3.05, 3.63) is 12.2 Å². The third-order valence-corrected chi connectivity index (χ3v) is 6.99. The Balaban J connectivity index is 3.83. The summed E-state index contributed by atoms with van der Waals surface area (Å²) in [6, 6.07) is 0. The second-order valence-electron chi connectivity index (χ2n) is 10.6. The number of hydrogen-bond donors (Lipinski definition) is 1. The van der Waals surface area contributed by atoms with Crippen molar-refractivity contribution >= 4 is 11.9 Å². The van der Waals surface area contributed by atoms with Gasteiger partial charge in [-0.05, 0) is 64.2 Å². The van der Waals surface area contributed by atoms with Gasteiger partial charge in [-0.1, -0.05) is 109 Å². The van der Waals surface area contributed by atoms with E-state index in [0.29, 0.717) is 12.8 Å². The molecule has 0 rings (SSSR count). The van der Waals surface area contributed by atoms with Crippen LogP contribution in [0.2, 0.25) is 0 Å². The number of unbranched alkanes of at least 4 members (excludes halogenated alkanes) is 17. The van der Waals surface area contributed by atoms with Crippen molar-refractivity contribution in [2.75, 3.05) is 0 Å². The highest BCUT2D eigenvalue weighted by Crippen LogP contribution is 2.17. The van der Waals surface area contributed by atoms with E-state index >= 15 is 0 Å². The third kappa shape index (κ3) is 27.3. The second-order valence-corrected chi connectivity index (χ2v) is 10.6. The van der Waals surface area contributed by atoms with Crippen molar-refractivity contribution in [1.29, 1.82) is 0 Å². The zero-order chi connectivity index (χ0) is 26.5. The lowest BCUT2D eigenvalue weighted by Gasteiger charge is -2.18. The summed E-state index contributed by atoms with van der Waals surface area (Å²) in [5, 5.41) is 8.84.